The van der Waals surface area contributed by atoms with Crippen LogP contribution in [0.4, 0.5) is 10.5 Å². The zero-order valence-electron chi connectivity index (χ0n) is 11.5. The predicted octanol–water partition coefficient (Wildman–Crippen LogP) is 2.68. The number of aliphatic carboxylic acids is 1. The van der Waals surface area contributed by atoms with Crippen molar-refractivity contribution in [3.8, 4) is 0 Å². The molecule has 19 heavy (non-hydrogen) atoms. The molecule has 2 amide bonds. The minimum Gasteiger partial charge on any atom is -0.480 e. The Labute approximate surface area is 113 Å². The van der Waals surface area contributed by atoms with Crippen molar-refractivity contribution in [2.24, 2.45) is 0 Å². The van der Waals surface area contributed by atoms with E-state index in [1.54, 1.807) is 6.07 Å². The standard InChI is InChI=1S/C14H20N2O3/c1-4-5-12(13(17)18)16-14(19)15-11-7-6-9(2)10(3)8-11/h6-8,12H,4-5H2,1-3H3,(H,17,18)(H2,15,16,19)/t12-/m0/s1. The number of aryl methyl sites for hydroxylation is 2. The van der Waals surface area contributed by atoms with Gasteiger partial charge in [0.1, 0.15) is 6.04 Å². The number of urea groups is 1. The lowest BCUT2D eigenvalue weighted by Gasteiger charge is -2.14. The van der Waals surface area contributed by atoms with Gasteiger partial charge in [-0.25, -0.2) is 9.59 Å². The van der Waals surface area contributed by atoms with Crippen molar-refractivity contribution in [3.63, 3.8) is 0 Å². The topological polar surface area (TPSA) is 78.4 Å². The highest BCUT2D eigenvalue weighted by Gasteiger charge is 2.18. The number of benzene rings is 1. The third-order valence-corrected chi connectivity index (χ3v) is 2.95. The van der Waals surface area contributed by atoms with Crippen molar-refractivity contribution < 1.29 is 14.7 Å². The number of carbonyl (C=O) groups excluding carboxylic acids is 1. The van der Waals surface area contributed by atoms with Gasteiger partial charge in [-0.05, 0) is 43.5 Å². The number of carboxylic acids is 1. The molecule has 0 spiro atoms. The molecular weight excluding hydrogens is 244 g/mol. The Morgan fingerprint density at radius 1 is 1.26 bits per heavy atom. The minimum atomic E-state index is -1.02. The van der Waals surface area contributed by atoms with Gasteiger partial charge in [0.05, 0.1) is 0 Å². The summed E-state index contributed by atoms with van der Waals surface area (Å²) in [5.74, 6) is -1.02. The van der Waals surface area contributed by atoms with Crippen LogP contribution in [-0.4, -0.2) is 23.1 Å². The van der Waals surface area contributed by atoms with Crippen LogP contribution in [0.1, 0.15) is 30.9 Å². The Morgan fingerprint density at radius 2 is 1.95 bits per heavy atom. The Bertz CT molecular complexity index is 472. The van der Waals surface area contributed by atoms with Gasteiger partial charge in [-0.1, -0.05) is 19.4 Å². The average Bonchev–Trinajstić information content (AvgIpc) is 2.33. The van der Waals surface area contributed by atoms with Crippen LogP contribution < -0.4 is 10.6 Å². The van der Waals surface area contributed by atoms with E-state index in [0.29, 0.717) is 18.5 Å². The maximum atomic E-state index is 11.7. The van der Waals surface area contributed by atoms with E-state index in [1.165, 1.54) is 0 Å². The zero-order valence-corrected chi connectivity index (χ0v) is 11.5. The summed E-state index contributed by atoms with van der Waals surface area (Å²) in [6, 6.07) is 4.20. The number of nitrogens with one attached hydrogen (secondary N) is 2. The van der Waals surface area contributed by atoms with Crippen LogP contribution in [0.25, 0.3) is 0 Å². The van der Waals surface area contributed by atoms with Crippen LogP contribution in [0, 0.1) is 13.8 Å². The molecule has 1 rings (SSSR count). The van der Waals surface area contributed by atoms with Crippen molar-refractivity contribution in [3.05, 3.63) is 29.3 Å². The van der Waals surface area contributed by atoms with Crippen LogP contribution in [0.5, 0.6) is 0 Å². The molecule has 0 unspecified atom stereocenters. The lowest BCUT2D eigenvalue weighted by molar-refractivity contribution is -0.139. The number of carboxylic acid groups (broad SMARTS) is 1. The normalized spacial score (nSPS) is 11.7. The Morgan fingerprint density at radius 3 is 2.47 bits per heavy atom. The fraction of sp³-hybridized carbons (Fsp3) is 0.429. The molecule has 0 saturated carbocycles. The highest BCUT2D eigenvalue weighted by atomic mass is 16.4. The molecule has 5 nitrogen and oxygen atoms in total. The molecule has 5 heteroatoms. The van der Waals surface area contributed by atoms with Crippen molar-refractivity contribution >= 4 is 17.7 Å². The minimum absolute atomic E-state index is 0.412. The number of amides is 2. The van der Waals surface area contributed by atoms with Gasteiger partial charge in [0.25, 0.3) is 0 Å². The molecule has 0 heterocycles. The molecule has 0 aromatic heterocycles. The van der Waals surface area contributed by atoms with Crippen molar-refractivity contribution in [1.82, 2.24) is 5.32 Å². The van der Waals surface area contributed by atoms with Gasteiger partial charge in [-0.2, -0.15) is 0 Å². The van der Waals surface area contributed by atoms with Crippen molar-refractivity contribution in [2.45, 2.75) is 39.7 Å². The number of carbonyl (C=O) groups is 2. The first-order valence-electron chi connectivity index (χ1n) is 6.31. The van der Waals surface area contributed by atoms with Gasteiger partial charge in [0.2, 0.25) is 0 Å². The van der Waals surface area contributed by atoms with Crippen LogP contribution >= 0.6 is 0 Å². The SMILES string of the molecule is CCC[C@H](NC(=O)Nc1ccc(C)c(C)c1)C(=O)O. The summed E-state index contributed by atoms with van der Waals surface area (Å²) >= 11 is 0. The molecular formula is C14H20N2O3. The second-order valence-corrected chi connectivity index (χ2v) is 4.58. The van der Waals surface area contributed by atoms with E-state index in [0.717, 1.165) is 11.1 Å². The molecule has 1 atom stereocenters. The monoisotopic (exact) mass is 264 g/mol. The third kappa shape index (κ3) is 4.62. The van der Waals surface area contributed by atoms with Gasteiger partial charge >= 0.3 is 12.0 Å². The number of rotatable bonds is 5. The van der Waals surface area contributed by atoms with E-state index < -0.39 is 18.0 Å². The summed E-state index contributed by atoms with van der Waals surface area (Å²) < 4.78 is 0. The van der Waals surface area contributed by atoms with Crippen molar-refractivity contribution in [1.29, 1.82) is 0 Å². The molecule has 0 aliphatic rings. The van der Waals surface area contributed by atoms with Crippen molar-refractivity contribution in [2.75, 3.05) is 5.32 Å². The first kappa shape index (κ1) is 15.0. The van der Waals surface area contributed by atoms with Crippen LogP contribution in [0.3, 0.4) is 0 Å². The molecule has 3 N–H and O–H groups in total. The number of hydrogen-bond donors (Lipinski definition) is 3. The van der Waals surface area contributed by atoms with Gasteiger partial charge in [-0.15, -0.1) is 0 Å². The van der Waals surface area contributed by atoms with Gasteiger partial charge in [0.15, 0.2) is 0 Å². The van der Waals surface area contributed by atoms with E-state index in [2.05, 4.69) is 10.6 Å². The predicted molar refractivity (Wildman–Crippen MR) is 74.4 cm³/mol. The van der Waals surface area contributed by atoms with Gasteiger partial charge in [0, 0.05) is 5.69 Å². The van der Waals surface area contributed by atoms with E-state index in [4.69, 9.17) is 5.11 Å². The summed E-state index contributed by atoms with van der Waals surface area (Å²) in [7, 11) is 0. The number of anilines is 1. The lowest BCUT2D eigenvalue weighted by atomic mass is 10.1. The second kappa shape index (κ2) is 6.78. The average molecular weight is 264 g/mol. The smallest absolute Gasteiger partial charge is 0.326 e. The fourth-order valence-electron chi connectivity index (χ4n) is 1.69. The Hall–Kier alpha value is -2.04. The maximum Gasteiger partial charge on any atom is 0.326 e. The summed E-state index contributed by atoms with van der Waals surface area (Å²) in [5.41, 5.74) is 2.86. The van der Waals surface area contributed by atoms with Crippen LogP contribution in [0.2, 0.25) is 0 Å². The Kier molecular flexibility index (Phi) is 5.36. The van der Waals surface area contributed by atoms with E-state index >= 15 is 0 Å². The summed E-state index contributed by atoms with van der Waals surface area (Å²) in [6.45, 7) is 5.81. The summed E-state index contributed by atoms with van der Waals surface area (Å²) in [5, 5.41) is 14.0. The highest BCUT2D eigenvalue weighted by molar-refractivity contribution is 5.92. The molecule has 0 aliphatic carbocycles. The van der Waals surface area contributed by atoms with Gasteiger partial charge < -0.3 is 15.7 Å². The zero-order chi connectivity index (χ0) is 14.4. The van der Waals surface area contributed by atoms with Crippen LogP contribution in [0.15, 0.2) is 18.2 Å². The molecule has 0 radical (unpaired) electrons. The fourth-order valence-corrected chi connectivity index (χ4v) is 1.69. The summed E-state index contributed by atoms with van der Waals surface area (Å²) in [6.07, 6.45) is 1.11. The summed E-state index contributed by atoms with van der Waals surface area (Å²) in [4.78, 5) is 22.6. The molecule has 0 aliphatic heterocycles. The third-order valence-electron chi connectivity index (χ3n) is 2.95. The molecule has 1 aromatic carbocycles. The molecule has 104 valence electrons. The molecule has 0 bridgehead atoms. The maximum absolute atomic E-state index is 11.7. The van der Waals surface area contributed by atoms with E-state index in [-0.39, 0.29) is 0 Å². The first-order valence-corrected chi connectivity index (χ1v) is 6.31. The largest absolute Gasteiger partial charge is 0.480 e. The second-order valence-electron chi connectivity index (χ2n) is 4.58. The van der Waals surface area contributed by atoms with Crippen LogP contribution in [-0.2, 0) is 4.79 Å². The highest BCUT2D eigenvalue weighted by Crippen LogP contribution is 2.14. The number of hydrogen-bond acceptors (Lipinski definition) is 2. The van der Waals surface area contributed by atoms with E-state index in [1.807, 2.05) is 32.9 Å². The quantitative estimate of drug-likeness (QED) is 0.765. The molecule has 0 saturated heterocycles. The molecule has 1 aromatic rings. The molecule has 0 fully saturated rings. The van der Waals surface area contributed by atoms with E-state index in [9.17, 15) is 9.59 Å². The van der Waals surface area contributed by atoms with Gasteiger partial charge in [-0.3, -0.25) is 0 Å². The first-order chi connectivity index (χ1) is 8.93. The Balaban J connectivity index is 2.63. The lowest BCUT2D eigenvalue weighted by Crippen LogP contribution is -2.42.